The average Bonchev–Trinajstić information content (AvgIpc) is 2.61. The van der Waals surface area contributed by atoms with Crippen molar-refractivity contribution in [2.45, 2.75) is 13.3 Å². The Labute approximate surface area is 145 Å². The van der Waals surface area contributed by atoms with E-state index in [0.717, 1.165) is 11.1 Å². The Morgan fingerprint density at radius 2 is 1.80 bits per heavy atom. The monoisotopic (exact) mass is 341 g/mol. The molecule has 0 fully saturated rings. The van der Waals surface area contributed by atoms with Crippen LogP contribution in [0.3, 0.4) is 0 Å². The van der Waals surface area contributed by atoms with E-state index in [1.165, 1.54) is 12.1 Å². The van der Waals surface area contributed by atoms with Crippen LogP contribution in [0.1, 0.15) is 13.3 Å². The zero-order chi connectivity index (χ0) is 18.2. The molecule has 130 valence electrons. The van der Waals surface area contributed by atoms with Crippen molar-refractivity contribution in [2.75, 3.05) is 13.2 Å². The SMILES string of the molecule is C=C(C)C(=O)OCCCOc1ccccc1-c1ccc([N+](=O)[O-])cc1. The van der Waals surface area contributed by atoms with Crippen LogP contribution in [0, 0.1) is 10.1 Å². The Kier molecular flexibility index (Phi) is 6.28. The largest absolute Gasteiger partial charge is 0.493 e. The fraction of sp³-hybridized carbons (Fsp3) is 0.211. The van der Waals surface area contributed by atoms with Crippen molar-refractivity contribution in [2.24, 2.45) is 0 Å². The molecule has 2 rings (SSSR count). The van der Waals surface area contributed by atoms with Gasteiger partial charge in [-0.1, -0.05) is 24.8 Å². The minimum absolute atomic E-state index is 0.0430. The summed E-state index contributed by atoms with van der Waals surface area (Å²) in [7, 11) is 0. The highest BCUT2D eigenvalue weighted by Crippen LogP contribution is 2.31. The number of esters is 1. The molecule has 0 aliphatic heterocycles. The van der Waals surface area contributed by atoms with E-state index in [1.807, 2.05) is 24.3 Å². The lowest BCUT2D eigenvalue weighted by atomic mass is 10.0. The van der Waals surface area contributed by atoms with Crippen molar-refractivity contribution in [3.63, 3.8) is 0 Å². The van der Waals surface area contributed by atoms with Crippen molar-refractivity contribution >= 4 is 11.7 Å². The van der Waals surface area contributed by atoms with E-state index in [1.54, 1.807) is 19.1 Å². The molecule has 0 amide bonds. The molecule has 2 aromatic carbocycles. The number of benzene rings is 2. The summed E-state index contributed by atoms with van der Waals surface area (Å²) in [4.78, 5) is 21.6. The van der Waals surface area contributed by atoms with E-state index >= 15 is 0 Å². The topological polar surface area (TPSA) is 78.7 Å². The summed E-state index contributed by atoms with van der Waals surface area (Å²) >= 11 is 0. The fourth-order valence-corrected chi connectivity index (χ4v) is 2.12. The van der Waals surface area contributed by atoms with Gasteiger partial charge in [-0.2, -0.15) is 0 Å². The van der Waals surface area contributed by atoms with Crippen LogP contribution in [0.4, 0.5) is 5.69 Å². The standard InChI is InChI=1S/C19H19NO5/c1-14(2)19(21)25-13-5-12-24-18-7-4-3-6-17(18)15-8-10-16(11-9-15)20(22)23/h3-4,6-11H,1,5,12-13H2,2H3. The smallest absolute Gasteiger partial charge is 0.333 e. The third-order valence-corrected chi connectivity index (χ3v) is 3.40. The second kappa shape index (κ2) is 8.63. The van der Waals surface area contributed by atoms with Gasteiger partial charge in [0.2, 0.25) is 0 Å². The van der Waals surface area contributed by atoms with Crippen molar-refractivity contribution in [1.82, 2.24) is 0 Å². The number of rotatable bonds is 8. The van der Waals surface area contributed by atoms with Gasteiger partial charge >= 0.3 is 5.97 Å². The normalized spacial score (nSPS) is 10.1. The van der Waals surface area contributed by atoms with Gasteiger partial charge < -0.3 is 9.47 Å². The van der Waals surface area contributed by atoms with Gasteiger partial charge in [-0.25, -0.2) is 4.79 Å². The highest BCUT2D eigenvalue weighted by Gasteiger charge is 2.09. The van der Waals surface area contributed by atoms with Gasteiger partial charge in [0.05, 0.1) is 18.1 Å². The van der Waals surface area contributed by atoms with E-state index in [-0.39, 0.29) is 12.3 Å². The Morgan fingerprint density at radius 1 is 1.12 bits per heavy atom. The number of hydrogen-bond acceptors (Lipinski definition) is 5. The minimum atomic E-state index is -0.432. The van der Waals surface area contributed by atoms with Crippen LogP contribution in [0.5, 0.6) is 5.75 Å². The Hall–Kier alpha value is -3.15. The first-order valence-corrected chi connectivity index (χ1v) is 7.78. The average molecular weight is 341 g/mol. The molecule has 0 radical (unpaired) electrons. The van der Waals surface area contributed by atoms with Gasteiger partial charge in [-0.3, -0.25) is 10.1 Å². The molecular weight excluding hydrogens is 322 g/mol. The van der Waals surface area contributed by atoms with Crippen molar-refractivity contribution in [3.8, 4) is 16.9 Å². The summed E-state index contributed by atoms with van der Waals surface area (Å²) in [6.07, 6.45) is 0.549. The zero-order valence-corrected chi connectivity index (χ0v) is 13.9. The number of hydrogen-bond donors (Lipinski definition) is 0. The first kappa shape index (κ1) is 18.2. The predicted octanol–water partition coefficient (Wildman–Crippen LogP) is 4.15. The maximum atomic E-state index is 11.3. The Morgan fingerprint density at radius 3 is 2.44 bits per heavy atom. The number of ether oxygens (including phenoxy) is 2. The zero-order valence-electron chi connectivity index (χ0n) is 13.9. The molecule has 0 N–H and O–H groups in total. The molecule has 0 aromatic heterocycles. The summed E-state index contributed by atoms with van der Waals surface area (Å²) in [5, 5.41) is 10.7. The molecular formula is C19H19NO5. The third kappa shape index (κ3) is 5.17. The summed E-state index contributed by atoms with van der Waals surface area (Å²) in [5.41, 5.74) is 2.08. The van der Waals surface area contributed by atoms with E-state index < -0.39 is 10.9 Å². The number of para-hydroxylation sites is 1. The number of carbonyl (C=O) groups excluding carboxylic acids is 1. The molecule has 0 saturated heterocycles. The molecule has 0 saturated carbocycles. The Bertz CT molecular complexity index is 768. The number of nitrogens with zero attached hydrogens (tertiary/aromatic N) is 1. The van der Waals surface area contributed by atoms with E-state index in [4.69, 9.17) is 9.47 Å². The molecule has 0 unspecified atom stereocenters. The number of carbonyl (C=O) groups is 1. The number of nitro benzene ring substituents is 1. The van der Waals surface area contributed by atoms with E-state index in [9.17, 15) is 14.9 Å². The molecule has 25 heavy (non-hydrogen) atoms. The molecule has 0 bridgehead atoms. The second-order valence-corrected chi connectivity index (χ2v) is 5.42. The Balaban J connectivity index is 1.97. The van der Waals surface area contributed by atoms with Crippen LogP contribution in [-0.4, -0.2) is 24.1 Å². The molecule has 2 aromatic rings. The van der Waals surface area contributed by atoms with Gasteiger partial charge in [0.25, 0.3) is 5.69 Å². The maximum Gasteiger partial charge on any atom is 0.333 e. The van der Waals surface area contributed by atoms with Crippen LogP contribution in [0.2, 0.25) is 0 Å². The van der Waals surface area contributed by atoms with Crippen LogP contribution in [0.15, 0.2) is 60.7 Å². The number of nitro groups is 1. The molecule has 6 heteroatoms. The minimum Gasteiger partial charge on any atom is -0.493 e. The molecule has 6 nitrogen and oxygen atoms in total. The second-order valence-electron chi connectivity index (χ2n) is 5.42. The van der Waals surface area contributed by atoms with Crippen molar-refractivity contribution < 1.29 is 19.2 Å². The van der Waals surface area contributed by atoms with Gasteiger partial charge in [-0.15, -0.1) is 0 Å². The van der Waals surface area contributed by atoms with Crippen LogP contribution in [0.25, 0.3) is 11.1 Å². The first-order valence-electron chi connectivity index (χ1n) is 7.78. The summed E-state index contributed by atoms with van der Waals surface area (Å²) in [5.74, 6) is 0.258. The quantitative estimate of drug-likeness (QED) is 0.237. The van der Waals surface area contributed by atoms with Crippen molar-refractivity contribution in [1.29, 1.82) is 0 Å². The van der Waals surface area contributed by atoms with Crippen molar-refractivity contribution in [3.05, 3.63) is 70.8 Å². The van der Waals surface area contributed by atoms with Crippen LogP contribution in [-0.2, 0) is 9.53 Å². The fourth-order valence-electron chi connectivity index (χ4n) is 2.12. The van der Waals surface area contributed by atoms with Crippen LogP contribution >= 0.6 is 0 Å². The molecule has 0 aliphatic carbocycles. The summed E-state index contributed by atoms with van der Waals surface area (Å²) < 4.78 is 10.8. The molecule has 0 atom stereocenters. The first-order chi connectivity index (χ1) is 12.0. The summed E-state index contributed by atoms with van der Waals surface area (Å²) in [6.45, 7) is 5.75. The number of non-ortho nitro benzene ring substituents is 1. The highest BCUT2D eigenvalue weighted by atomic mass is 16.6. The molecule has 0 heterocycles. The maximum absolute atomic E-state index is 11.3. The lowest BCUT2D eigenvalue weighted by Crippen LogP contribution is -2.09. The predicted molar refractivity (Wildman–Crippen MR) is 94.4 cm³/mol. The molecule has 0 spiro atoms. The van der Waals surface area contributed by atoms with Gasteiger partial charge in [0.1, 0.15) is 5.75 Å². The third-order valence-electron chi connectivity index (χ3n) is 3.40. The van der Waals surface area contributed by atoms with Gasteiger partial charge in [-0.05, 0) is 30.7 Å². The van der Waals surface area contributed by atoms with Gasteiger partial charge in [0.15, 0.2) is 0 Å². The van der Waals surface area contributed by atoms with E-state index in [0.29, 0.717) is 24.4 Å². The van der Waals surface area contributed by atoms with Gasteiger partial charge in [0, 0.05) is 29.7 Å². The van der Waals surface area contributed by atoms with Crippen LogP contribution < -0.4 is 4.74 Å². The lowest BCUT2D eigenvalue weighted by molar-refractivity contribution is -0.384. The molecule has 0 aliphatic rings. The van der Waals surface area contributed by atoms with E-state index in [2.05, 4.69) is 6.58 Å². The lowest BCUT2D eigenvalue weighted by Gasteiger charge is -2.12. The summed E-state index contributed by atoms with van der Waals surface area (Å²) in [6, 6.07) is 13.7. The highest BCUT2D eigenvalue weighted by molar-refractivity contribution is 5.86.